The number of pyridine rings is 1. The van der Waals surface area contributed by atoms with E-state index in [0.29, 0.717) is 33.8 Å². The molecule has 1 aromatic heterocycles. The molecule has 27 heavy (non-hydrogen) atoms. The zero-order valence-electron chi connectivity index (χ0n) is 14.9. The summed E-state index contributed by atoms with van der Waals surface area (Å²) >= 11 is 12.6. The molecule has 0 bridgehead atoms. The lowest BCUT2D eigenvalue weighted by atomic mass is 10.1. The van der Waals surface area contributed by atoms with Gasteiger partial charge in [-0.3, -0.25) is 4.79 Å². The van der Waals surface area contributed by atoms with Crippen molar-refractivity contribution in [3.05, 3.63) is 86.3 Å². The van der Waals surface area contributed by atoms with Gasteiger partial charge in [-0.15, -0.1) is 0 Å². The number of ether oxygens (including phenoxy) is 1. The fourth-order valence-electron chi connectivity index (χ4n) is 2.58. The van der Waals surface area contributed by atoms with E-state index in [9.17, 15) is 4.79 Å². The van der Waals surface area contributed by atoms with Crippen LogP contribution in [0.5, 0.6) is 11.5 Å². The molecule has 1 heterocycles. The first-order chi connectivity index (χ1) is 13.0. The molecule has 0 saturated carbocycles. The number of aryl methyl sites for hydroxylation is 1. The van der Waals surface area contributed by atoms with Gasteiger partial charge < -0.3 is 14.7 Å². The lowest BCUT2D eigenvalue weighted by Gasteiger charge is -2.13. The molecule has 7 heteroatoms. The van der Waals surface area contributed by atoms with Gasteiger partial charge in [0.05, 0.1) is 28.5 Å². The molecule has 0 aliphatic carbocycles. The van der Waals surface area contributed by atoms with Gasteiger partial charge in [-0.05, 0) is 30.7 Å². The van der Waals surface area contributed by atoms with Crippen LogP contribution in [0.15, 0.2) is 59.5 Å². The molecule has 0 fully saturated rings. The highest BCUT2D eigenvalue weighted by Gasteiger charge is 2.12. The van der Waals surface area contributed by atoms with Gasteiger partial charge >= 0.3 is 0 Å². The molecule has 3 aromatic rings. The van der Waals surface area contributed by atoms with Gasteiger partial charge in [0.15, 0.2) is 5.75 Å². The summed E-state index contributed by atoms with van der Waals surface area (Å²) in [5.74, 6) is 0.806. The topological polar surface area (TPSA) is 55.3 Å². The molecule has 2 aromatic carbocycles. The van der Waals surface area contributed by atoms with Gasteiger partial charge in [0, 0.05) is 13.1 Å². The summed E-state index contributed by atoms with van der Waals surface area (Å²) in [4.78, 5) is 12.2. The number of hydrogen-bond donors (Lipinski definition) is 2. The average molecular weight is 404 g/mol. The molecule has 0 saturated heterocycles. The minimum atomic E-state index is -0.117. The van der Waals surface area contributed by atoms with Crippen molar-refractivity contribution in [2.24, 2.45) is 0 Å². The average Bonchev–Trinajstić information content (AvgIpc) is 2.63. The number of halogens is 2. The normalized spacial score (nSPS) is 10.7. The highest BCUT2D eigenvalue weighted by atomic mass is 35.5. The molecule has 140 valence electrons. The summed E-state index contributed by atoms with van der Waals surface area (Å²) in [5.41, 5.74) is 8.50. The maximum Gasteiger partial charge on any atom is 0.251 e. The van der Waals surface area contributed by atoms with Gasteiger partial charge in [-0.25, -0.2) is 5.43 Å². The molecular formula is C20H19Cl2N3O2. The van der Waals surface area contributed by atoms with E-state index < -0.39 is 0 Å². The Labute approximate surface area is 167 Å². The molecule has 2 N–H and O–H groups in total. The molecule has 0 aliphatic rings. The number of hydrazine groups is 1. The second-order valence-electron chi connectivity index (χ2n) is 6.06. The van der Waals surface area contributed by atoms with E-state index in [0.717, 1.165) is 5.56 Å². The van der Waals surface area contributed by atoms with Crippen LogP contribution in [0, 0.1) is 6.92 Å². The molecule has 0 amide bonds. The number of rotatable bonds is 6. The van der Waals surface area contributed by atoms with Crippen LogP contribution in [-0.4, -0.2) is 11.6 Å². The van der Waals surface area contributed by atoms with Crippen molar-refractivity contribution in [2.75, 3.05) is 12.5 Å². The van der Waals surface area contributed by atoms with Crippen molar-refractivity contribution >= 4 is 28.9 Å². The predicted octanol–water partition coefficient (Wildman–Crippen LogP) is 4.85. The summed E-state index contributed by atoms with van der Waals surface area (Å²) in [7, 11) is 1.74. The maximum absolute atomic E-state index is 12.2. The predicted molar refractivity (Wildman–Crippen MR) is 110 cm³/mol. The van der Waals surface area contributed by atoms with Crippen LogP contribution >= 0.6 is 23.2 Å². The molecule has 0 unspecified atom stereocenters. The Morgan fingerprint density at radius 1 is 1.04 bits per heavy atom. The zero-order valence-corrected chi connectivity index (χ0v) is 16.4. The molecule has 0 spiro atoms. The van der Waals surface area contributed by atoms with Crippen LogP contribution in [0.25, 0.3) is 0 Å². The molecule has 0 radical (unpaired) electrons. The number of benzene rings is 2. The monoisotopic (exact) mass is 403 g/mol. The Hall–Kier alpha value is -2.47. The molecule has 0 atom stereocenters. The molecule has 5 nitrogen and oxygen atoms in total. The minimum Gasteiger partial charge on any atom is -0.453 e. The van der Waals surface area contributed by atoms with Crippen molar-refractivity contribution in [1.82, 2.24) is 9.99 Å². The standard InChI is InChI=1S/C20H19Cl2N3O2/c1-13-3-5-14(6-4-13)11-25-12-16(7-8-19(25)26)27-20-17(21)9-15(24-23-2)10-18(20)22/h3-10,12,23-24H,11H2,1-2H3. The van der Waals surface area contributed by atoms with Crippen molar-refractivity contribution in [1.29, 1.82) is 0 Å². The van der Waals surface area contributed by atoms with Gasteiger partial charge in [0.1, 0.15) is 5.75 Å². The smallest absolute Gasteiger partial charge is 0.251 e. The Balaban J connectivity index is 1.86. The summed E-state index contributed by atoms with van der Waals surface area (Å²) in [6, 6.07) is 14.5. The SMILES string of the molecule is CNNc1cc(Cl)c(Oc2ccc(=O)n(Cc3ccc(C)cc3)c2)c(Cl)c1. The molecule has 0 aliphatic heterocycles. The van der Waals surface area contributed by atoms with E-state index >= 15 is 0 Å². The third-order valence-electron chi connectivity index (χ3n) is 3.92. The summed E-state index contributed by atoms with van der Waals surface area (Å²) in [5, 5.41) is 0.716. The fourth-order valence-corrected chi connectivity index (χ4v) is 3.14. The van der Waals surface area contributed by atoms with Crippen LogP contribution in [0.4, 0.5) is 5.69 Å². The third-order valence-corrected chi connectivity index (χ3v) is 4.48. The second-order valence-corrected chi connectivity index (χ2v) is 6.88. The van der Waals surface area contributed by atoms with Crippen LogP contribution < -0.4 is 21.1 Å². The fraction of sp³-hybridized carbons (Fsp3) is 0.150. The first-order valence-corrected chi connectivity index (χ1v) is 9.07. The van der Waals surface area contributed by atoms with E-state index in [1.807, 2.05) is 31.2 Å². The van der Waals surface area contributed by atoms with E-state index in [2.05, 4.69) is 10.9 Å². The Bertz CT molecular complexity index is 978. The third kappa shape index (κ3) is 4.83. The quantitative estimate of drug-likeness (QED) is 0.577. The highest BCUT2D eigenvalue weighted by Crippen LogP contribution is 2.38. The number of hydrogen-bond acceptors (Lipinski definition) is 4. The van der Waals surface area contributed by atoms with E-state index in [-0.39, 0.29) is 5.56 Å². The van der Waals surface area contributed by atoms with Crippen molar-refractivity contribution in [2.45, 2.75) is 13.5 Å². The van der Waals surface area contributed by atoms with Gasteiger partial charge in [0.25, 0.3) is 5.56 Å². The molecular weight excluding hydrogens is 385 g/mol. The van der Waals surface area contributed by atoms with Crippen molar-refractivity contribution in [3.8, 4) is 11.5 Å². The van der Waals surface area contributed by atoms with Gasteiger partial charge in [-0.2, -0.15) is 0 Å². The second kappa shape index (κ2) is 8.48. The van der Waals surface area contributed by atoms with Crippen LogP contribution in [0.3, 0.4) is 0 Å². The van der Waals surface area contributed by atoms with Gasteiger partial charge in [-0.1, -0.05) is 53.0 Å². The van der Waals surface area contributed by atoms with E-state index in [1.54, 1.807) is 36.0 Å². The minimum absolute atomic E-state index is 0.117. The number of aromatic nitrogens is 1. The summed E-state index contributed by atoms with van der Waals surface area (Å²) < 4.78 is 7.44. The van der Waals surface area contributed by atoms with Crippen molar-refractivity contribution in [3.63, 3.8) is 0 Å². The lowest BCUT2D eigenvalue weighted by Crippen LogP contribution is -2.19. The zero-order chi connectivity index (χ0) is 19.4. The van der Waals surface area contributed by atoms with Crippen LogP contribution in [-0.2, 0) is 6.54 Å². The Morgan fingerprint density at radius 3 is 2.33 bits per heavy atom. The first kappa shape index (κ1) is 19.3. The first-order valence-electron chi connectivity index (χ1n) is 8.32. The summed E-state index contributed by atoms with van der Waals surface area (Å²) in [6.45, 7) is 2.47. The van der Waals surface area contributed by atoms with Gasteiger partial charge in [0.2, 0.25) is 0 Å². The molecule has 3 rings (SSSR count). The maximum atomic E-state index is 12.2. The summed E-state index contributed by atoms with van der Waals surface area (Å²) in [6.07, 6.45) is 1.65. The van der Waals surface area contributed by atoms with Crippen molar-refractivity contribution < 1.29 is 4.74 Å². The Morgan fingerprint density at radius 2 is 1.70 bits per heavy atom. The Kier molecular flexibility index (Phi) is 6.06. The van der Waals surface area contributed by atoms with Crippen LogP contribution in [0.1, 0.15) is 11.1 Å². The lowest BCUT2D eigenvalue weighted by molar-refractivity contribution is 0.475. The largest absolute Gasteiger partial charge is 0.453 e. The number of nitrogens with one attached hydrogen (secondary N) is 2. The highest BCUT2D eigenvalue weighted by molar-refractivity contribution is 6.37. The number of nitrogens with zero attached hydrogens (tertiary/aromatic N) is 1. The van der Waals surface area contributed by atoms with E-state index in [4.69, 9.17) is 27.9 Å². The number of anilines is 1. The van der Waals surface area contributed by atoms with Crippen LogP contribution in [0.2, 0.25) is 10.0 Å². The van der Waals surface area contributed by atoms with E-state index in [1.165, 1.54) is 11.6 Å².